The lowest BCUT2D eigenvalue weighted by atomic mass is 9.99. The van der Waals surface area contributed by atoms with Crippen LogP contribution in [0.1, 0.15) is 30.9 Å². The van der Waals surface area contributed by atoms with Gasteiger partial charge in [0.1, 0.15) is 6.04 Å². The molecule has 0 aliphatic carbocycles. The van der Waals surface area contributed by atoms with Gasteiger partial charge in [0, 0.05) is 39.1 Å². The fraction of sp³-hybridized carbons (Fsp3) is 0.391. The molecule has 2 aliphatic heterocycles. The predicted octanol–water partition coefficient (Wildman–Crippen LogP) is 3.74. The van der Waals surface area contributed by atoms with Crippen molar-refractivity contribution in [1.82, 2.24) is 9.80 Å². The van der Waals surface area contributed by atoms with Gasteiger partial charge in [0.15, 0.2) is 0 Å². The number of hydrogen-bond acceptors (Lipinski definition) is 3. The van der Waals surface area contributed by atoms with Crippen molar-refractivity contribution in [1.29, 1.82) is 0 Å². The Hall–Kier alpha value is -2.53. The second-order valence-corrected chi connectivity index (χ2v) is 8.03. The first kappa shape index (κ1) is 19.8. The van der Waals surface area contributed by atoms with Gasteiger partial charge in [0.25, 0.3) is 0 Å². The van der Waals surface area contributed by atoms with Crippen LogP contribution >= 0.6 is 11.6 Å². The summed E-state index contributed by atoms with van der Waals surface area (Å²) in [6, 6.07) is 17.0. The minimum atomic E-state index is -0.532. The van der Waals surface area contributed by atoms with Crippen LogP contribution in [0.2, 0.25) is 5.02 Å². The molecule has 1 atom stereocenters. The van der Waals surface area contributed by atoms with Crippen molar-refractivity contribution < 1.29 is 9.59 Å². The Bertz CT molecular complexity index is 865. The number of hydrogen-bond donors (Lipinski definition) is 0. The molecule has 0 saturated carbocycles. The number of carbonyl (C=O) groups is 2. The molecule has 2 fully saturated rings. The minimum Gasteiger partial charge on any atom is -0.367 e. The van der Waals surface area contributed by atoms with E-state index in [4.69, 9.17) is 11.6 Å². The molecule has 5 nitrogen and oxygen atoms in total. The SMILES string of the molecule is O=C(C(c1ccccc1)N1CCCCC1=O)N1CCN(c2ccccc2Cl)CC1. The summed E-state index contributed by atoms with van der Waals surface area (Å²) in [6.45, 7) is 3.34. The number of nitrogens with zero attached hydrogens (tertiary/aromatic N) is 3. The van der Waals surface area contributed by atoms with Crippen LogP contribution < -0.4 is 4.90 Å². The van der Waals surface area contributed by atoms with Crippen LogP contribution in [0.3, 0.4) is 0 Å². The molecule has 2 amide bonds. The molecule has 2 heterocycles. The first-order chi connectivity index (χ1) is 14.1. The molecule has 29 heavy (non-hydrogen) atoms. The van der Waals surface area contributed by atoms with Crippen LogP contribution in [-0.2, 0) is 9.59 Å². The molecule has 2 aromatic carbocycles. The van der Waals surface area contributed by atoms with Gasteiger partial charge in [-0.2, -0.15) is 0 Å². The van der Waals surface area contributed by atoms with Crippen molar-refractivity contribution in [2.75, 3.05) is 37.6 Å². The molecule has 0 radical (unpaired) electrons. The molecule has 0 spiro atoms. The van der Waals surface area contributed by atoms with Crippen LogP contribution in [0.4, 0.5) is 5.69 Å². The summed E-state index contributed by atoms with van der Waals surface area (Å²) in [5, 5.41) is 0.730. The third-order valence-corrected chi connectivity index (χ3v) is 6.12. The van der Waals surface area contributed by atoms with Gasteiger partial charge >= 0.3 is 0 Å². The quantitative estimate of drug-likeness (QED) is 0.769. The number of piperazine rings is 1. The molecule has 2 aromatic rings. The van der Waals surface area contributed by atoms with Crippen LogP contribution in [0.15, 0.2) is 54.6 Å². The zero-order valence-corrected chi connectivity index (χ0v) is 17.2. The van der Waals surface area contributed by atoms with E-state index in [1.54, 1.807) is 4.90 Å². The molecule has 6 heteroatoms. The number of para-hydroxylation sites is 1. The lowest BCUT2D eigenvalue weighted by molar-refractivity contribution is -0.148. The highest BCUT2D eigenvalue weighted by Gasteiger charge is 2.36. The van der Waals surface area contributed by atoms with Crippen LogP contribution in [0.25, 0.3) is 0 Å². The Kier molecular flexibility index (Phi) is 6.05. The maximum atomic E-state index is 13.5. The molecule has 2 saturated heterocycles. The van der Waals surface area contributed by atoms with E-state index in [-0.39, 0.29) is 11.8 Å². The number of halogens is 1. The van der Waals surface area contributed by atoms with E-state index in [2.05, 4.69) is 4.90 Å². The molecular weight excluding hydrogens is 386 g/mol. The van der Waals surface area contributed by atoms with E-state index in [0.717, 1.165) is 42.2 Å². The predicted molar refractivity (Wildman–Crippen MR) is 115 cm³/mol. The first-order valence-electron chi connectivity index (χ1n) is 10.3. The van der Waals surface area contributed by atoms with Gasteiger partial charge in [-0.1, -0.05) is 54.1 Å². The lowest BCUT2D eigenvalue weighted by Crippen LogP contribution is -2.53. The van der Waals surface area contributed by atoms with Crippen molar-refractivity contribution in [2.24, 2.45) is 0 Å². The van der Waals surface area contributed by atoms with Crippen LogP contribution in [0.5, 0.6) is 0 Å². The molecule has 152 valence electrons. The topological polar surface area (TPSA) is 43.9 Å². The van der Waals surface area contributed by atoms with Crippen molar-refractivity contribution in [3.05, 3.63) is 65.2 Å². The number of anilines is 1. The summed E-state index contributed by atoms with van der Waals surface area (Å²) in [5.74, 6) is 0.0958. The van der Waals surface area contributed by atoms with Crippen molar-refractivity contribution in [3.8, 4) is 0 Å². The van der Waals surface area contributed by atoms with E-state index in [0.29, 0.717) is 26.1 Å². The third kappa shape index (κ3) is 4.25. The van der Waals surface area contributed by atoms with Crippen LogP contribution in [0, 0.1) is 0 Å². The zero-order chi connectivity index (χ0) is 20.2. The fourth-order valence-corrected chi connectivity index (χ4v) is 4.50. The number of rotatable bonds is 4. The number of benzene rings is 2. The summed E-state index contributed by atoms with van der Waals surface area (Å²) in [6.07, 6.45) is 2.38. The second-order valence-electron chi connectivity index (χ2n) is 7.62. The molecule has 0 bridgehead atoms. The average molecular weight is 412 g/mol. The van der Waals surface area contributed by atoms with Gasteiger partial charge in [-0.15, -0.1) is 0 Å². The summed E-state index contributed by atoms with van der Waals surface area (Å²) < 4.78 is 0. The maximum Gasteiger partial charge on any atom is 0.250 e. The van der Waals surface area contributed by atoms with Gasteiger partial charge in [-0.3, -0.25) is 9.59 Å². The van der Waals surface area contributed by atoms with E-state index in [9.17, 15) is 9.59 Å². The highest BCUT2D eigenvalue weighted by atomic mass is 35.5. The normalized spacial score (nSPS) is 18.7. The smallest absolute Gasteiger partial charge is 0.250 e. The minimum absolute atomic E-state index is 0.0188. The molecule has 4 rings (SSSR count). The molecule has 0 N–H and O–H groups in total. The molecule has 0 aromatic heterocycles. The Morgan fingerprint density at radius 2 is 1.55 bits per heavy atom. The second kappa shape index (κ2) is 8.87. The Morgan fingerprint density at radius 3 is 2.24 bits per heavy atom. The van der Waals surface area contributed by atoms with Gasteiger partial charge in [0.05, 0.1) is 10.7 Å². The summed E-state index contributed by atoms with van der Waals surface area (Å²) in [5.41, 5.74) is 1.90. The summed E-state index contributed by atoms with van der Waals surface area (Å²) in [7, 11) is 0. The van der Waals surface area contributed by atoms with Gasteiger partial charge < -0.3 is 14.7 Å². The molecule has 2 aliphatic rings. The Labute approximate surface area is 176 Å². The van der Waals surface area contributed by atoms with E-state index < -0.39 is 6.04 Å². The Balaban J connectivity index is 1.51. The van der Waals surface area contributed by atoms with Gasteiger partial charge in [-0.05, 0) is 30.5 Å². The number of piperidine rings is 1. The highest BCUT2D eigenvalue weighted by molar-refractivity contribution is 6.33. The van der Waals surface area contributed by atoms with Crippen molar-refractivity contribution in [2.45, 2.75) is 25.3 Å². The maximum absolute atomic E-state index is 13.5. The molecule has 1 unspecified atom stereocenters. The lowest BCUT2D eigenvalue weighted by Gasteiger charge is -2.41. The van der Waals surface area contributed by atoms with Crippen molar-refractivity contribution >= 4 is 29.1 Å². The average Bonchev–Trinajstić information content (AvgIpc) is 2.76. The first-order valence-corrected chi connectivity index (χ1v) is 10.7. The van der Waals surface area contributed by atoms with Crippen LogP contribution in [-0.4, -0.2) is 54.3 Å². The molecular formula is C23H26ClN3O2. The third-order valence-electron chi connectivity index (χ3n) is 5.81. The van der Waals surface area contributed by atoms with Gasteiger partial charge in [-0.25, -0.2) is 0 Å². The van der Waals surface area contributed by atoms with E-state index in [1.165, 1.54) is 0 Å². The number of carbonyl (C=O) groups excluding carboxylic acids is 2. The Morgan fingerprint density at radius 1 is 0.862 bits per heavy atom. The summed E-state index contributed by atoms with van der Waals surface area (Å²) in [4.78, 5) is 32.0. The largest absolute Gasteiger partial charge is 0.367 e. The zero-order valence-electron chi connectivity index (χ0n) is 16.5. The van der Waals surface area contributed by atoms with E-state index in [1.807, 2.05) is 59.5 Å². The summed E-state index contributed by atoms with van der Waals surface area (Å²) >= 11 is 6.34. The van der Waals surface area contributed by atoms with Gasteiger partial charge in [0.2, 0.25) is 11.8 Å². The monoisotopic (exact) mass is 411 g/mol. The van der Waals surface area contributed by atoms with Crippen molar-refractivity contribution in [3.63, 3.8) is 0 Å². The number of amides is 2. The number of likely N-dealkylation sites (tertiary alicyclic amines) is 1. The fourth-order valence-electron chi connectivity index (χ4n) is 4.24. The highest BCUT2D eigenvalue weighted by Crippen LogP contribution is 2.30. The standard InChI is InChI=1S/C23H26ClN3O2/c24-19-10-4-5-11-20(19)25-14-16-26(17-15-25)23(29)22(18-8-2-1-3-9-18)27-13-7-6-12-21(27)28/h1-5,8-11,22H,6-7,12-17H2. The van der Waals surface area contributed by atoms with E-state index >= 15 is 0 Å².